The summed E-state index contributed by atoms with van der Waals surface area (Å²) < 4.78 is 12.9. The van der Waals surface area contributed by atoms with E-state index < -0.39 is 0 Å². The minimum absolute atomic E-state index is 0.0163. The number of carbonyl (C=O) groups is 2. The third-order valence-electron chi connectivity index (χ3n) is 4.07. The number of aromatic nitrogens is 1. The van der Waals surface area contributed by atoms with Crippen LogP contribution >= 0.6 is 11.8 Å². The van der Waals surface area contributed by atoms with Gasteiger partial charge in [-0.3, -0.25) is 4.79 Å². The number of thioether (sulfide) groups is 1. The molecule has 0 aromatic carbocycles. The number of carbonyl (C=O) groups excluding carboxylic acids is 2. The van der Waals surface area contributed by atoms with E-state index in [0.717, 1.165) is 22.0 Å². The maximum Gasteiger partial charge on any atom is 0.341 e. The number of amides is 1. The summed E-state index contributed by atoms with van der Waals surface area (Å²) in [5.41, 5.74) is 3.40. The van der Waals surface area contributed by atoms with Gasteiger partial charge >= 0.3 is 5.97 Å². The van der Waals surface area contributed by atoms with Gasteiger partial charge in [-0.05, 0) is 26.3 Å². The van der Waals surface area contributed by atoms with Gasteiger partial charge < -0.3 is 18.9 Å². The van der Waals surface area contributed by atoms with Gasteiger partial charge in [0.25, 0.3) is 0 Å². The number of hydrogen-bond donors (Lipinski definition) is 0. The summed E-state index contributed by atoms with van der Waals surface area (Å²) in [7, 11) is 0. The van der Waals surface area contributed by atoms with E-state index in [-0.39, 0.29) is 18.0 Å². The Morgan fingerprint density at radius 2 is 2.08 bits per heavy atom. The molecule has 0 atom stereocenters. The maximum atomic E-state index is 12.4. The van der Waals surface area contributed by atoms with Crippen molar-refractivity contribution in [2.45, 2.75) is 38.8 Å². The van der Waals surface area contributed by atoms with Crippen LogP contribution in [-0.4, -0.2) is 53.0 Å². The van der Waals surface area contributed by atoms with Crippen LogP contribution in [0.4, 0.5) is 0 Å². The van der Waals surface area contributed by atoms with E-state index in [1.54, 1.807) is 23.6 Å². The number of esters is 1. The first-order chi connectivity index (χ1) is 11.4. The van der Waals surface area contributed by atoms with Crippen LogP contribution in [0.25, 0.3) is 5.70 Å². The van der Waals surface area contributed by atoms with Gasteiger partial charge in [0.05, 0.1) is 41.3 Å². The Kier molecular flexibility index (Phi) is 4.73. The van der Waals surface area contributed by atoms with Crippen molar-refractivity contribution in [3.63, 3.8) is 0 Å². The molecule has 1 amide bonds. The second-order valence-electron chi connectivity index (χ2n) is 6.22. The minimum Gasteiger partial charge on any atom is -0.459 e. The van der Waals surface area contributed by atoms with Crippen LogP contribution in [0.2, 0.25) is 0 Å². The standard InChI is InChI=1S/C17H22N2O4S/c1-10(2)23-17(21)15-11(3)7-19-14(9-24-16(15)19)13-8-22-6-5-18(13)12(4)20/h7,10H,5-6,8-9H2,1-4H3. The van der Waals surface area contributed by atoms with Crippen molar-refractivity contribution in [2.24, 2.45) is 0 Å². The van der Waals surface area contributed by atoms with Gasteiger partial charge in [-0.2, -0.15) is 0 Å². The molecule has 1 aromatic heterocycles. The molecule has 2 aliphatic heterocycles. The molecule has 0 N–H and O–H groups in total. The Morgan fingerprint density at radius 1 is 1.33 bits per heavy atom. The highest BCUT2D eigenvalue weighted by molar-refractivity contribution is 8.00. The van der Waals surface area contributed by atoms with Crippen LogP contribution in [0.5, 0.6) is 0 Å². The molecule has 1 aromatic rings. The molecule has 1 fully saturated rings. The van der Waals surface area contributed by atoms with E-state index in [1.807, 2.05) is 31.5 Å². The Bertz CT molecular complexity index is 720. The molecule has 1 saturated heterocycles. The monoisotopic (exact) mass is 350 g/mol. The lowest BCUT2D eigenvalue weighted by Gasteiger charge is -2.30. The summed E-state index contributed by atoms with van der Waals surface area (Å²) in [6.45, 7) is 8.69. The van der Waals surface area contributed by atoms with Crippen molar-refractivity contribution in [2.75, 3.05) is 25.5 Å². The van der Waals surface area contributed by atoms with Crippen molar-refractivity contribution in [3.8, 4) is 0 Å². The molecule has 0 unspecified atom stereocenters. The molecule has 0 aliphatic carbocycles. The molecular formula is C17H22N2O4S. The SMILES string of the molecule is CC(=O)N1CCOCC1=C1CSc2c(C(=O)OC(C)C)c(C)cn21. The predicted octanol–water partition coefficient (Wildman–Crippen LogP) is 2.51. The Morgan fingerprint density at radius 3 is 2.75 bits per heavy atom. The zero-order valence-electron chi connectivity index (χ0n) is 14.4. The molecule has 0 radical (unpaired) electrons. The van der Waals surface area contributed by atoms with Gasteiger partial charge in [-0.25, -0.2) is 4.79 Å². The van der Waals surface area contributed by atoms with E-state index >= 15 is 0 Å². The number of nitrogens with zero attached hydrogens (tertiary/aromatic N) is 2. The first-order valence-corrected chi connectivity index (χ1v) is 9.02. The molecule has 0 bridgehead atoms. The third-order valence-corrected chi connectivity index (χ3v) is 5.16. The van der Waals surface area contributed by atoms with Gasteiger partial charge in [0.1, 0.15) is 0 Å². The van der Waals surface area contributed by atoms with Gasteiger partial charge in [0.15, 0.2) is 0 Å². The Labute approximate surface area is 145 Å². The topological polar surface area (TPSA) is 60.8 Å². The number of fused-ring (bicyclic) bond motifs is 1. The molecular weight excluding hydrogens is 328 g/mol. The predicted molar refractivity (Wildman–Crippen MR) is 91.9 cm³/mol. The molecule has 7 heteroatoms. The lowest BCUT2D eigenvalue weighted by molar-refractivity contribution is -0.129. The lowest BCUT2D eigenvalue weighted by atomic mass is 10.2. The van der Waals surface area contributed by atoms with Crippen molar-refractivity contribution < 1.29 is 19.1 Å². The van der Waals surface area contributed by atoms with Crippen LogP contribution in [0.3, 0.4) is 0 Å². The van der Waals surface area contributed by atoms with Gasteiger partial charge in [0, 0.05) is 25.4 Å². The maximum absolute atomic E-state index is 12.4. The van der Waals surface area contributed by atoms with Gasteiger partial charge in [-0.1, -0.05) is 0 Å². The highest BCUT2D eigenvalue weighted by atomic mass is 32.2. The number of ether oxygens (including phenoxy) is 2. The number of rotatable bonds is 2. The van der Waals surface area contributed by atoms with Crippen molar-refractivity contribution in [3.05, 3.63) is 23.0 Å². The smallest absolute Gasteiger partial charge is 0.341 e. The first-order valence-electron chi connectivity index (χ1n) is 8.04. The molecule has 130 valence electrons. The summed E-state index contributed by atoms with van der Waals surface area (Å²) in [6.07, 6.45) is 1.79. The van der Waals surface area contributed by atoms with Crippen molar-refractivity contribution in [1.29, 1.82) is 0 Å². The molecule has 0 saturated carbocycles. The quantitative estimate of drug-likeness (QED) is 0.767. The molecule has 2 aliphatic rings. The Balaban J connectivity index is 2.02. The second-order valence-corrected chi connectivity index (χ2v) is 7.19. The lowest BCUT2D eigenvalue weighted by Crippen LogP contribution is -2.38. The van der Waals surface area contributed by atoms with Crippen molar-refractivity contribution >= 4 is 29.3 Å². The van der Waals surface area contributed by atoms with Crippen LogP contribution in [0.1, 0.15) is 36.7 Å². The van der Waals surface area contributed by atoms with E-state index in [9.17, 15) is 9.59 Å². The zero-order chi connectivity index (χ0) is 17.4. The van der Waals surface area contributed by atoms with E-state index in [1.165, 1.54) is 0 Å². The van der Waals surface area contributed by atoms with Crippen molar-refractivity contribution in [1.82, 2.24) is 9.47 Å². The molecule has 3 rings (SSSR count). The normalized spacial score (nSPS) is 20.5. The fourth-order valence-corrected chi connectivity index (χ4v) is 4.29. The zero-order valence-corrected chi connectivity index (χ0v) is 15.2. The molecule has 3 heterocycles. The largest absolute Gasteiger partial charge is 0.459 e. The van der Waals surface area contributed by atoms with Gasteiger partial charge in [0.2, 0.25) is 5.91 Å². The van der Waals surface area contributed by atoms with Crippen LogP contribution in [0.15, 0.2) is 16.9 Å². The number of hydrogen-bond acceptors (Lipinski definition) is 5. The number of morpholine rings is 1. The highest BCUT2D eigenvalue weighted by Gasteiger charge is 2.32. The van der Waals surface area contributed by atoms with Crippen LogP contribution in [-0.2, 0) is 14.3 Å². The summed E-state index contributed by atoms with van der Waals surface area (Å²) in [5, 5.41) is 0.884. The van der Waals surface area contributed by atoms with Crippen LogP contribution < -0.4 is 0 Å². The summed E-state index contributed by atoms with van der Waals surface area (Å²) in [4.78, 5) is 26.1. The Hall–Kier alpha value is -1.73. The highest BCUT2D eigenvalue weighted by Crippen LogP contribution is 2.40. The van der Waals surface area contributed by atoms with E-state index in [2.05, 4.69) is 0 Å². The molecule has 24 heavy (non-hydrogen) atoms. The second kappa shape index (κ2) is 6.64. The average molecular weight is 350 g/mol. The first kappa shape index (κ1) is 17.1. The fraction of sp³-hybridized carbons (Fsp3) is 0.529. The average Bonchev–Trinajstić information content (AvgIpc) is 3.03. The van der Waals surface area contributed by atoms with Gasteiger partial charge in [-0.15, -0.1) is 11.8 Å². The number of aryl methyl sites for hydroxylation is 1. The van der Waals surface area contributed by atoms with E-state index in [0.29, 0.717) is 31.1 Å². The molecule has 0 spiro atoms. The van der Waals surface area contributed by atoms with Crippen LogP contribution in [0, 0.1) is 6.92 Å². The summed E-state index contributed by atoms with van der Waals surface area (Å²) in [5.74, 6) is 0.431. The third kappa shape index (κ3) is 2.98. The summed E-state index contributed by atoms with van der Waals surface area (Å²) in [6, 6.07) is 0. The fourth-order valence-electron chi connectivity index (χ4n) is 3.02. The summed E-state index contributed by atoms with van der Waals surface area (Å²) >= 11 is 1.60. The minimum atomic E-state index is -0.293. The van der Waals surface area contributed by atoms with E-state index in [4.69, 9.17) is 9.47 Å². The molecule has 6 nitrogen and oxygen atoms in total.